The molecule has 0 aliphatic heterocycles. The molecule has 0 radical (unpaired) electrons. The van der Waals surface area contributed by atoms with Crippen LogP contribution in [0, 0.1) is 0 Å². The molecular formula is C13H15ClN2O5. The molecule has 0 bridgehead atoms. The molecule has 1 N–H and O–H groups in total. The summed E-state index contributed by atoms with van der Waals surface area (Å²) in [6, 6.07) is 4.33. The minimum Gasteiger partial charge on any atom is -0.465 e. The summed E-state index contributed by atoms with van der Waals surface area (Å²) < 4.78 is 4.61. The Hall–Kier alpha value is -2.12. The SMILES string of the molecule is COC(=O)c1cc(Cl)ccc1NC(=O)CC(=O)N(C)OC. The number of hydrogen-bond donors (Lipinski definition) is 1. The van der Waals surface area contributed by atoms with Crippen molar-refractivity contribution in [2.24, 2.45) is 0 Å². The smallest absolute Gasteiger partial charge is 0.340 e. The van der Waals surface area contributed by atoms with E-state index in [9.17, 15) is 14.4 Å². The van der Waals surface area contributed by atoms with Crippen LogP contribution in [0.5, 0.6) is 0 Å². The largest absolute Gasteiger partial charge is 0.465 e. The van der Waals surface area contributed by atoms with Gasteiger partial charge in [0.25, 0.3) is 5.91 Å². The normalized spacial score (nSPS) is 9.90. The van der Waals surface area contributed by atoms with E-state index in [2.05, 4.69) is 14.9 Å². The van der Waals surface area contributed by atoms with Gasteiger partial charge in [-0.2, -0.15) is 0 Å². The van der Waals surface area contributed by atoms with Crippen molar-refractivity contribution in [3.05, 3.63) is 28.8 Å². The maximum absolute atomic E-state index is 11.8. The van der Waals surface area contributed by atoms with E-state index >= 15 is 0 Å². The van der Waals surface area contributed by atoms with E-state index in [4.69, 9.17) is 11.6 Å². The number of carbonyl (C=O) groups is 3. The number of amides is 2. The second kappa shape index (κ2) is 7.61. The first-order chi connectivity index (χ1) is 9.88. The Morgan fingerprint density at radius 3 is 2.52 bits per heavy atom. The quantitative estimate of drug-likeness (QED) is 0.505. The fourth-order valence-electron chi connectivity index (χ4n) is 1.45. The van der Waals surface area contributed by atoms with Gasteiger partial charge in [-0.05, 0) is 18.2 Å². The van der Waals surface area contributed by atoms with Gasteiger partial charge < -0.3 is 10.1 Å². The predicted octanol–water partition coefficient (Wildman–Crippen LogP) is 1.47. The molecule has 0 unspecified atom stereocenters. The highest BCUT2D eigenvalue weighted by molar-refractivity contribution is 6.31. The Kier molecular flexibility index (Phi) is 6.13. The first-order valence-electron chi connectivity index (χ1n) is 5.87. The number of nitrogens with zero attached hydrogens (tertiary/aromatic N) is 1. The third-order valence-electron chi connectivity index (χ3n) is 2.60. The number of rotatable bonds is 5. The number of esters is 1. The molecule has 0 saturated heterocycles. The lowest BCUT2D eigenvalue weighted by molar-refractivity contribution is -0.169. The molecule has 0 saturated carbocycles. The number of methoxy groups -OCH3 is 1. The van der Waals surface area contributed by atoms with Gasteiger partial charge in [0.1, 0.15) is 6.42 Å². The van der Waals surface area contributed by atoms with Gasteiger partial charge in [0.15, 0.2) is 0 Å². The Morgan fingerprint density at radius 1 is 1.29 bits per heavy atom. The summed E-state index contributed by atoms with van der Waals surface area (Å²) in [5.74, 6) is -1.76. The minimum absolute atomic E-state index is 0.103. The average Bonchev–Trinajstić information content (AvgIpc) is 2.47. The van der Waals surface area contributed by atoms with Crippen molar-refractivity contribution in [1.29, 1.82) is 0 Å². The van der Waals surface area contributed by atoms with Crippen LogP contribution in [0.3, 0.4) is 0 Å². The molecule has 8 heteroatoms. The van der Waals surface area contributed by atoms with Crippen LogP contribution in [0.25, 0.3) is 0 Å². The second-order valence-electron chi connectivity index (χ2n) is 3.98. The maximum atomic E-state index is 11.8. The van der Waals surface area contributed by atoms with Gasteiger partial charge >= 0.3 is 5.97 Å². The number of hydrogen-bond acceptors (Lipinski definition) is 5. The molecule has 0 aromatic heterocycles. The molecule has 21 heavy (non-hydrogen) atoms. The van der Waals surface area contributed by atoms with Crippen LogP contribution >= 0.6 is 11.6 Å². The standard InChI is InChI=1S/C13H15ClN2O5/c1-16(21-3)12(18)7-11(17)15-10-5-4-8(14)6-9(10)13(19)20-2/h4-6H,7H2,1-3H3,(H,15,17). The second-order valence-corrected chi connectivity index (χ2v) is 4.42. The minimum atomic E-state index is -0.645. The van der Waals surface area contributed by atoms with Crippen LogP contribution in [-0.4, -0.2) is 44.1 Å². The number of carbonyl (C=O) groups excluding carboxylic acids is 3. The Bertz CT molecular complexity index is 561. The van der Waals surface area contributed by atoms with Crippen LogP contribution in [0.2, 0.25) is 5.02 Å². The zero-order chi connectivity index (χ0) is 16.0. The highest BCUT2D eigenvalue weighted by atomic mass is 35.5. The van der Waals surface area contributed by atoms with Gasteiger partial charge in [-0.15, -0.1) is 0 Å². The van der Waals surface area contributed by atoms with Crippen LogP contribution < -0.4 is 5.32 Å². The van der Waals surface area contributed by atoms with Gasteiger partial charge in [-0.25, -0.2) is 9.86 Å². The lowest BCUT2D eigenvalue weighted by Gasteiger charge is -2.14. The van der Waals surface area contributed by atoms with Crippen molar-refractivity contribution in [1.82, 2.24) is 5.06 Å². The summed E-state index contributed by atoms with van der Waals surface area (Å²) in [6.45, 7) is 0. The number of anilines is 1. The molecule has 1 rings (SSSR count). The zero-order valence-corrected chi connectivity index (χ0v) is 12.6. The molecule has 0 aliphatic rings. The first-order valence-corrected chi connectivity index (χ1v) is 6.25. The van der Waals surface area contributed by atoms with Crippen LogP contribution in [0.15, 0.2) is 18.2 Å². The molecule has 0 fully saturated rings. The number of benzene rings is 1. The number of hydroxylamine groups is 2. The lowest BCUT2D eigenvalue weighted by atomic mass is 10.1. The summed E-state index contributed by atoms with van der Waals surface area (Å²) in [4.78, 5) is 39.6. The molecule has 1 aromatic carbocycles. The van der Waals surface area contributed by atoms with Crippen molar-refractivity contribution < 1.29 is 24.0 Å². The third kappa shape index (κ3) is 4.73. The zero-order valence-electron chi connectivity index (χ0n) is 11.8. The number of nitrogens with one attached hydrogen (secondary N) is 1. The van der Waals surface area contributed by atoms with Crippen molar-refractivity contribution in [2.75, 3.05) is 26.6 Å². The molecule has 1 aromatic rings. The van der Waals surface area contributed by atoms with Crippen molar-refractivity contribution in [3.63, 3.8) is 0 Å². The van der Waals surface area contributed by atoms with Crippen LogP contribution in [-0.2, 0) is 19.2 Å². The Labute approximate surface area is 126 Å². The van der Waals surface area contributed by atoms with Crippen molar-refractivity contribution >= 4 is 35.1 Å². The van der Waals surface area contributed by atoms with Gasteiger partial charge in [-0.3, -0.25) is 14.4 Å². The molecule has 0 spiro atoms. The Balaban J connectivity index is 2.85. The highest BCUT2D eigenvalue weighted by Gasteiger charge is 2.18. The number of halogens is 1. The van der Waals surface area contributed by atoms with Crippen molar-refractivity contribution in [2.45, 2.75) is 6.42 Å². The number of ether oxygens (including phenoxy) is 1. The van der Waals surface area contributed by atoms with E-state index < -0.39 is 24.2 Å². The third-order valence-corrected chi connectivity index (χ3v) is 2.83. The van der Waals surface area contributed by atoms with Gasteiger partial charge in [0, 0.05) is 12.1 Å². The molecule has 114 valence electrons. The van der Waals surface area contributed by atoms with Crippen LogP contribution in [0.4, 0.5) is 5.69 Å². The van der Waals surface area contributed by atoms with E-state index in [-0.39, 0.29) is 11.3 Å². The highest BCUT2D eigenvalue weighted by Crippen LogP contribution is 2.21. The van der Waals surface area contributed by atoms with E-state index in [1.807, 2.05) is 0 Å². The monoisotopic (exact) mass is 314 g/mol. The van der Waals surface area contributed by atoms with E-state index in [1.165, 1.54) is 39.5 Å². The maximum Gasteiger partial charge on any atom is 0.340 e. The van der Waals surface area contributed by atoms with Crippen molar-refractivity contribution in [3.8, 4) is 0 Å². The molecule has 2 amide bonds. The summed E-state index contributed by atoms with van der Waals surface area (Å²) >= 11 is 5.80. The molecule has 0 atom stereocenters. The molecule has 0 aliphatic carbocycles. The van der Waals surface area contributed by atoms with Crippen LogP contribution in [0.1, 0.15) is 16.8 Å². The topological polar surface area (TPSA) is 84.9 Å². The van der Waals surface area contributed by atoms with Gasteiger partial charge in [0.05, 0.1) is 25.5 Å². The van der Waals surface area contributed by atoms with E-state index in [0.717, 1.165) is 5.06 Å². The molecule has 7 nitrogen and oxygen atoms in total. The lowest BCUT2D eigenvalue weighted by Crippen LogP contribution is -2.29. The van der Waals surface area contributed by atoms with E-state index in [0.29, 0.717) is 5.02 Å². The predicted molar refractivity (Wildman–Crippen MR) is 75.8 cm³/mol. The first kappa shape index (κ1) is 16.9. The Morgan fingerprint density at radius 2 is 1.95 bits per heavy atom. The summed E-state index contributed by atoms with van der Waals surface area (Å²) in [6.07, 6.45) is -0.423. The molecule has 0 heterocycles. The fourth-order valence-corrected chi connectivity index (χ4v) is 1.62. The summed E-state index contributed by atoms with van der Waals surface area (Å²) in [5, 5.41) is 3.72. The summed E-state index contributed by atoms with van der Waals surface area (Å²) in [7, 11) is 3.91. The van der Waals surface area contributed by atoms with Gasteiger partial charge in [-0.1, -0.05) is 11.6 Å². The average molecular weight is 315 g/mol. The fraction of sp³-hybridized carbons (Fsp3) is 0.308. The van der Waals surface area contributed by atoms with Gasteiger partial charge in [0.2, 0.25) is 5.91 Å². The summed E-state index contributed by atoms with van der Waals surface area (Å²) in [5.41, 5.74) is 0.315. The molecular weight excluding hydrogens is 300 g/mol. The van der Waals surface area contributed by atoms with E-state index in [1.54, 1.807) is 0 Å².